The van der Waals surface area contributed by atoms with Crippen molar-refractivity contribution in [1.82, 2.24) is 20.2 Å². The summed E-state index contributed by atoms with van der Waals surface area (Å²) in [6, 6.07) is 4.77. The van der Waals surface area contributed by atoms with Crippen molar-refractivity contribution in [2.45, 2.75) is 38.5 Å². The SMILES string of the molecule is C[C@@H]1CN2c3ccc(-c4cncn4C)cc3CC3(C(=O)NC(=O)NC3=O)[C@H]2[C@H](C)O1. The molecule has 2 saturated heterocycles. The molecule has 30 heavy (non-hydrogen) atoms. The second-order valence-electron chi connectivity index (χ2n) is 8.37. The van der Waals surface area contributed by atoms with E-state index < -0.39 is 29.3 Å². The lowest BCUT2D eigenvalue weighted by Crippen LogP contribution is -2.75. The third kappa shape index (κ3) is 2.51. The van der Waals surface area contributed by atoms with E-state index >= 15 is 0 Å². The summed E-state index contributed by atoms with van der Waals surface area (Å²) < 4.78 is 7.94. The molecule has 3 aliphatic heterocycles. The fourth-order valence-corrected chi connectivity index (χ4v) is 5.24. The summed E-state index contributed by atoms with van der Waals surface area (Å²) in [5.41, 5.74) is 2.29. The van der Waals surface area contributed by atoms with E-state index in [0.717, 1.165) is 22.5 Å². The van der Waals surface area contributed by atoms with Crippen molar-refractivity contribution in [1.29, 1.82) is 0 Å². The molecule has 0 aliphatic carbocycles. The van der Waals surface area contributed by atoms with Crippen LogP contribution in [0.4, 0.5) is 10.5 Å². The molecule has 5 rings (SSSR count). The maximum Gasteiger partial charge on any atom is 0.328 e. The van der Waals surface area contributed by atoms with Crippen LogP contribution in [0.15, 0.2) is 30.7 Å². The van der Waals surface area contributed by atoms with E-state index in [1.165, 1.54) is 0 Å². The molecule has 0 saturated carbocycles. The first kappa shape index (κ1) is 18.8. The molecule has 1 spiro atoms. The molecule has 1 aromatic carbocycles. The molecule has 1 aromatic heterocycles. The van der Waals surface area contributed by atoms with Crippen LogP contribution in [0.5, 0.6) is 0 Å². The van der Waals surface area contributed by atoms with E-state index in [-0.39, 0.29) is 18.6 Å². The Labute approximate surface area is 173 Å². The number of hydrogen-bond acceptors (Lipinski definition) is 6. The number of carbonyl (C=O) groups excluding carboxylic acids is 3. The fourth-order valence-electron chi connectivity index (χ4n) is 5.24. The molecule has 4 heterocycles. The number of rotatable bonds is 1. The maximum absolute atomic E-state index is 13.2. The van der Waals surface area contributed by atoms with E-state index in [1.807, 2.05) is 43.7 Å². The number of aryl methyl sites for hydroxylation is 1. The number of nitrogens with one attached hydrogen (secondary N) is 2. The normalized spacial score (nSPS) is 27.4. The molecule has 9 nitrogen and oxygen atoms in total. The summed E-state index contributed by atoms with van der Waals surface area (Å²) in [6.07, 6.45) is 3.25. The molecule has 3 aliphatic rings. The van der Waals surface area contributed by atoms with Crippen molar-refractivity contribution in [2.24, 2.45) is 12.5 Å². The highest BCUT2D eigenvalue weighted by Gasteiger charge is 2.62. The predicted octanol–water partition coefficient (Wildman–Crippen LogP) is 0.978. The van der Waals surface area contributed by atoms with Crippen molar-refractivity contribution >= 4 is 23.5 Å². The molecule has 156 valence electrons. The molecule has 0 radical (unpaired) electrons. The molecule has 0 bridgehead atoms. The highest BCUT2D eigenvalue weighted by atomic mass is 16.5. The topological polar surface area (TPSA) is 106 Å². The summed E-state index contributed by atoms with van der Waals surface area (Å²) in [7, 11) is 1.91. The summed E-state index contributed by atoms with van der Waals surface area (Å²) in [5, 5.41) is 4.62. The van der Waals surface area contributed by atoms with Gasteiger partial charge in [-0.25, -0.2) is 9.78 Å². The third-order valence-electron chi connectivity index (χ3n) is 6.42. The molecule has 4 amide bonds. The molecule has 2 N–H and O–H groups in total. The van der Waals surface area contributed by atoms with Crippen LogP contribution in [-0.4, -0.2) is 52.2 Å². The third-order valence-corrected chi connectivity index (χ3v) is 6.42. The molecule has 3 atom stereocenters. The van der Waals surface area contributed by atoms with E-state index in [0.29, 0.717) is 6.54 Å². The van der Waals surface area contributed by atoms with Crippen molar-refractivity contribution < 1.29 is 19.1 Å². The smallest absolute Gasteiger partial charge is 0.328 e. The fraction of sp³-hybridized carbons (Fsp3) is 0.429. The molecule has 2 aromatic rings. The largest absolute Gasteiger partial charge is 0.372 e. The number of imide groups is 2. The molecule has 0 unspecified atom stereocenters. The number of anilines is 1. The number of imidazole rings is 1. The first-order chi connectivity index (χ1) is 14.3. The number of aromatic nitrogens is 2. The van der Waals surface area contributed by atoms with Crippen molar-refractivity contribution in [2.75, 3.05) is 11.4 Å². The Hall–Kier alpha value is -3.20. The van der Waals surface area contributed by atoms with Gasteiger partial charge in [0.1, 0.15) is 0 Å². The predicted molar refractivity (Wildman–Crippen MR) is 108 cm³/mol. The van der Waals surface area contributed by atoms with Crippen molar-refractivity contribution in [3.63, 3.8) is 0 Å². The van der Waals surface area contributed by atoms with Gasteiger partial charge in [-0.2, -0.15) is 0 Å². The Balaban J connectivity index is 1.69. The van der Waals surface area contributed by atoms with Gasteiger partial charge >= 0.3 is 6.03 Å². The Morgan fingerprint density at radius 2 is 1.90 bits per heavy atom. The van der Waals surface area contributed by atoms with E-state index in [4.69, 9.17) is 4.74 Å². The number of fused-ring (bicyclic) bond motifs is 4. The van der Waals surface area contributed by atoms with Gasteiger partial charge in [0, 0.05) is 24.8 Å². The Kier molecular flexibility index (Phi) is 4.01. The number of hydrogen-bond donors (Lipinski definition) is 2. The van der Waals surface area contributed by atoms with Crippen LogP contribution in [0.1, 0.15) is 19.4 Å². The maximum atomic E-state index is 13.2. The average molecular weight is 409 g/mol. The standard InChI is InChI=1S/C21H23N5O4/c1-11-9-26-15-5-4-13(16-8-22-10-25(16)3)6-14(15)7-21(17(26)12(2)30-11)18(27)23-20(29)24-19(21)28/h4-6,8,10-12,17H,7,9H2,1-3H3,(H2,23,24,27,28,29)/t11-,12+,17-/m1/s1. The zero-order valence-corrected chi connectivity index (χ0v) is 17.0. The first-order valence-corrected chi connectivity index (χ1v) is 10.00. The summed E-state index contributed by atoms with van der Waals surface area (Å²) >= 11 is 0. The highest BCUT2D eigenvalue weighted by Crippen LogP contribution is 2.47. The Bertz CT molecular complexity index is 1060. The van der Waals surface area contributed by atoms with Crippen LogP contribution in [-0.2, 0) is 27.8 Å². The number of nitrogens with zero attached hydrogens (tertiary/aromatic N) is 3. The Morgan fingerprint density at radius 3 is 2.57 bits per heavy atom. The molecular formula is C21H23N5O4. The van der Waals surface area contributed by atoms with Gasteiger partial charge in [0.2, 0.25) is 11.8 Å². The van der Waals surface area contributed by atoms with Gasteiger partial charge in [-0.05, 0) is 38.0 Å². The second kappa shape index (κ2) is 6.40. The number of morpholine rings is 1. The van der Waals surface area contributed by atoms with Gasteiger partial charge in [-0.3, -0.25) is 20.2 Å². The first-order valence-electron chi connectivity index (χ1n) is 10.00. The van der Waals surface area contributed by atoms with Gasteiger partial charge < -0.3 is 14.2 Å². The van der Waals surface area contributed by atoms with Crippen LogP contribution < -0.4 is 15.5 Å². The number of carbonyl (C=O) groups is 3. The van der Waals surface area contributed by atoms with Gasteiger partial charge in [-0.1, -0.05) is 6.07 Å². The average Bonchev–Trinajstić information content (AvgIpc) is 3.11. The minimum Gasteiger partial charge on any atom is -0.372 e. The van der Waals surface area contributed by atoms with Crippen LogP contribution in [0, 0.1) is 5.41 Å². The summed E-state index contributed by atoms with van der Waals surface area (Å²) in [5.74, 6) is -1.15. The number of barbiturate groups is 1. The van der Waals surface area contributed by atoms with Crippen molar-refractivity contribution in [3.05, 3.63) is 36.3 Å². The minimum absolute atomic E-state index is 0.0626. The lowest BCUT2D eigenvalue weighted by Gasteiger charge is -2.55. The van der Waals surface area contributed by atoms with Gasteiger partial charge in [0.15, 0.2) is 5.41 Å². The minimum atomic E-state index is -1.45. The highest BCUT2D eigenvalue weighted by molar-refractivity contribution is 6.20. The van der Waals surface area contributed by atoms with Crippen LogP contribution >= 0.6 is 0 Å². The van der Waals surface area contributed by atoms with Gasteiger partial charge in [-0.15, -0.1) is 0 Å². The van der Waals surface area contributed by atoms with Crippen LogP contribution in [0.2, 0.25) is 0 Å². The van der Waals surface area contributed by atoms with Gasteiger partial charge in [0.05, 0.1) is 36.5 Å². The monoisotopic (exact) mass is 409 g/mol. The molecule has 2 fully saturated rings. The van der Waals surface area contributed by atoms with Gasteiger partial charge in [0.25, 0.3) is 0 Å². The zero-order chi connectivity index (χ0) is 21.2. The van der Waals surface area contributed by atoms with E-state index in [9.17, 15) is 14.4 Å². The second-order valence-corrected chi connectivity index (χ2v) is 8.37. The van der Waals surface area contributed by atoms with E-state index in [1.54, 1.807) is 12.5 Å². The lowest BCUT2D eigenvalue weighted by atomic mass is 9.66. The van der Waals surface area contributed by atoms with Crippen LogP contribution in [0.3, 0.4) is 0 Å². The van der Waals surface area contributed by atoms with Crippen molar-refractivity contribution in [3.8, 4) is 11.3 Å². The molecular weight excluding hydrogens is 386 g/mol. The quantitative estimate of drug-likeness (QED) is 0.680. The molecule has 9 heteroatoms. The lowest BCUT2D eigenvalue weighted by molar-refractivity contribution is -0.153. The van der Waals surface area contributed by atoms with E-state index in [2.05, 4.69) is 20.5 Å². The van der Waals surface area contributed by atoms with Crippen LogP contribution in [0.25, 0.3) is 11.3 Å². The Morgan fingerprint density at radius 1 is 1.17 bits per heavy atom. The summed E-state index contributed by atoms with van der Waals surface area (Å²) in [4.78, 5) is 44.4. The number of benzene rings is 1. The number of urea groups is 1. The number of ether oxygens (including phenoxy) is 1. The zero-order valence-electron chi connectivity index (χ0n) is 17.0. The number of amides is 4. The summed E-state index contributed by atoms with van der Waals surface area (Å²) in [6.45, 7) is 4.40.